The number of fused-ring (bicyclic) bond motifs is 8. The first-order valence-corrected chi connectivity index (χ1v) is 30.9. The lowest BCUT2D eigenvalue weighted by atomic mass is 9.74. The number of ether oxygens (including phenoxy) is 1. The van der Waals surface area contributed by atoms with Gasteiger partial charge < -0.3 is 4.74 Å². The quantitative estimate of drug-likeness (QED) is 0.149. The molecule has 0 atom stereocenters. The number of pyridine rings is 1. The first-order chi connectivity index (χ1) is 39.4. The van der Waals surface area contributed by atoms with Gasteiger partial charge >= 0.3 is 0 Å². The lowest BCUT2D eigenvalue weighted by Gasteiger charge is -2.31. The lowest BCUT2D eigenvalue weighted by Crippen LogP contribution is -2.32. The summed E-state index contributed by atoms with van der Waals surface area (Å²) in [5, 5.41) is 4.86. The Hall–Kier alpha value is -7.80. The molecule has 0 aliphatic rings. The summed E-state index contributed by atoms with van der Waals surface area (Å²) < 4.78 is 16.8. The summed E-state index contributed by atoms with van der Waals surface area (Å²) in [6.45, 7) is 42.1. The third-order valence-corrected chi connectivity index (χ3v) is 18.4. The van der Waals surface area contributed by atoms with E-state index >= 15 is 0 Å². The predicted molar refractivity (Wildman–Crippen MR) is 359 cm³/mol. The maximum absolute atomic E-state index is 7.07. The summed E-state index contributed by atoms with van der Waals surface area (Å²) in [6.07, 6.45) is 4.29. The number of rotatable bonds is 7. The SMILES string of the molecule is CC(C)(C)c1ccnc(-n2c3cc(Oc4cccc(-n5c[n+](-c6c(-c7cc(C(C)(C)C)ccc7C(C)(C)C)cc(C(C)(C)C)cc6-c6cc(C(C)(C)C)ccc6C(C)(C)C)c6ccccc65)c4)ccc3c3ccc4sc5ccccc5c4c32)c1. The summed E-state index contributed by atoms with van der Waals surface area (Å²) in [7, 11) is 0. The summed E-state index contributed by atoms with van der Waals surface area (Å²) in [6, 6.07) is 61.4. The smallest absolute Gasteiger partial charge is 0.255 e. The van der Waals surface area contributed by atoms with Gasteiger partial charge in [-0.3, -0.25) is 4.57 Å². The summed E-state index contributed by atoms with van der Waals surface area (Å²) in [5.41, 5.74) is 18.7. The molecule has 0 radical (unpaired) electrons. The molecule has 0 spiro atoms. The molecule has 0 aliphatic carbocycles. The van der Waals surface area contributed by atoms with E-state index in [-0.39, 0.29) is 32.5 Å². The molecule has 6 heteroatoms. The van der Waals surface area contributed by atoms with Crippen molar-refractivity contribution in [3.63, 3.8) is 0 Å². The van der Waals surface area contributed by atoms with Crippen molar-refractivity contribution in [1.29, 1.82) is 0 Å². The molecule has 426 valence electrons. The van der Waals surface area contributed by atoms with E-state index in [2.05, 4.69) is 308 Å². The van der Waals surface area contributed by atoms with Gasteiger partial charge in [0.15, 0.2) is 11.0 Å². The zero-order valence-electron chi connectivity index (χ0n) is 52.8. The Balaban J connectivity index is 1.08. The van der Waals surface area contributed by atoms with Crippen LogP contribution in [-0.4, -0.2) is 14.1 Å². The molecule has 0 fully saturated rings. The monoisotopic (exact) mass is 1120 g/mol. The maximum atomic E-state index is 7.07. The molecular formula is C78H83N4OS+. The Morgan fingerprint density at radius 2 is 0.976 bits per heavy atom. The van der Waals surface area contributed by atoms with Gasteiger partial charge in [-0.1, -0.05) is 203 Å². The predicted octanol–water partition coefficient (Wildman–Crippen LogP) is 21.7. The van der Waals surface area contributed by atoms with Crippen LogP contribution in [0.15, 0.2) is 176 Å². The van der Waals surface area contributed by atoms with Gasteiger partial charge in [0.2, 0.25) is 0 Å². The van der Waals surface area contributed by atoms with Gasteiger partial charge in [-0.05, 0) is 150 Å². The fourth-order valence-electron chi connectivity index (χ4n) is 12.4. The van der Waals surface area contributed by atoms with E-state index in [0.717, 1.165) is 56.1 Å². The molecule has 0 bridgehead atoms. The van der Waals surface area contributed by atoms with Crippen LogP contribution < -0.4 is 9.30 Å². The first kappa shape index (κ1) is 56.7. The van der Waals surface area contributed by atoms with Gasteiger partial charge in [0.05, 0.1) is 11.0 Å². The minimum Gasteiger partial charge on any atom is -0.457 e. The molecule has 0 saturated carbocycles. The highest BCUT2D eigenvalue weighted by molar-refractivity contribution is 7.26. The number of aromatic nitrogens is 4. The van der Waals surface area contributed by atoms with Crippen molar-refractivity contribution in [2.45, 2.75) is 157 Å². The van der Waals surface area contributed by atoms with Crippen LogP contribution in [0.2, 0.25) is 0 Å². The zero-order chi connectivity index (χ0) is 59.8. The highest BCUT2D eigenvalue weighted by Gasteiger charge is 2.34. The minimum absolute atomic E-state index is 0.0619. The van der Waals surface area contributed by atoms with Crippen molar-refractivity contribution in [2.75, 3.05) is 0 Å². The number of nitrogens with zero attached hydrogens (tertiary/aromatic N) is 4. The second kappa shape index (κ2) is 19.9. The molecule has 12 rings (SSSR count). The third-order valence-electron chi connectivity index (χ3n) is 17.2. The van der Waals surface area contributed by atoms with Crippen LogP contribution in [0.5, 0.6) is 11.5 Å². The average Bonchev–Trinajstić information content (AvgIpc) is 1.94. The van der Waals surface area contributed by atoms with Crippen molar-refractivity contribution in [3.8, 4) is 50.9 Å². The van der Waals surface area contributed by atoms with Gasteiger partial charge in [-0.15, -0.1) is 11.3 Å². The van der Waals surface area contributed by atoms with E-state index in [1.807, 2.05) is 17.5 Å². The fourth-order valence-corrected chi connectivity index (χ4v) is 13.6. The van der Waals surface area contributed by atoms with Gasteiger partial charge in [0.25, 0.3) is 6.33 Å². The summed E-state index contributed by atoms with van der Waals surface area (Å²) in [5.74, 6) is 2.39. The molecule has 12 aromatic rings. The lowest BCUT2D eigenvalue weighted by molar-refractivity contribution is -0.566. The van der Waals surface area contributed by atoms with E-state index in [1.165, 1.54) is 81.2 Å². The normalized spacial score (nSPS) is 13.1. The Bertz CT molecular complexity index is 4480. The molecule has 4 aromatic heterocycles. The van der Waals surface area contributed by atoms with Crippen molar-refractivity contribution < 1.29 is 9.30 Å². The standard InChI is InChI=1S/C78H83N4OS/c1-73(2,3)48-30-35-62(77(13,14)15)58(40-48)60-42-51(76(10,11)12)43-61(59-41-49(74(4,5)6)31-36-63(59)78(16,17)18)71(60)81-47-80(64-27-20-21-28-65(64)81)52-24-23-25-53(45-52)83-54-32-33-55-56-34-37-68-70(57-26-19-22-29-67(57)84-68)72(56)82(66(55)46-54)69-44-50(38-39-79-69)75(7,8)9/h19-47H,1-18H3/q+1. The molecule has 0 amide bonds. The van der Waals surface area contributed by atoms with Crippen LogP contribution in [0.4, 0.5) is 0 Å². The zero-order valence-corrected chi connectivity index (χ0v) is 53.7. The molecule has 0 saturated heterocycles. The Kier molecular flexibility index (Phi) is 13.4. The van der Waals surface area contributed by atoms with Crippen LogP contribution in [0, 0.1) is 0 Å². The van der Waals surface area contributed by atoms with Gasteiger partial charge in [-0.2, -0.15) is 9.13 Å². The van der Waals surface area contributed by atoms with Gasteiger partial charge in [0.1, 0.15) is 28.7 Å². The van der Waals surface area contributed by atoms with E-state index in [9.17, 15) is 0 Å². The Labute approximate surface area is 502 Å². The molecule has 0 N–H and O–H groups in total. The van der Waals surface area contributed by atoms with E-state index in [4.69, 9.17) is 9.72 Å². The highest BCUT2D eigenvalue weighted by atomic mass is 32.1. The van der Waals surface area contributed by atoms with Crippen molar-refractivity contribution >= 4 is 64.3 Å². The van der Waals surface area contributed by atoms with Gasteiger partial charge in [-0.25, -0.2) is 4.98 Å². The van der Waals surface area contributed by atoms with Crippen LogP contribution in [0.1, 0.15) is 158 Å². The molecule has 0 unspecified atom stereocenters. The minimum atomic E-state index is -0.158. The van der Waals surface area contributed by atoms with Crippen LogP contribution in [0.3, 0.4) is 0 Å². The maximum Gasteiger partial charge on any atom is 0.255 e. The molecule has 84 heavy (non-hydrogen) atoms. The van der Waals surface area contributed by atoms with Gasteiger partial charge in [0, 0.05) is 60.4 Å². The van der Waals surface area contributed by atoms with E-state index < -0.39 is 0 Å². The van der Waals surface area contributed by atoms with Crippen molar-refractivity contribution in [3.05, 3.63) is 210 Å². The molecule has 4 heterocycles. The second-order valence-electron chi connectivity index (χ2n) is 29.7. The summed E-state index contributed by atoms with van der Waals surface area (Å²) in [4.78, 5) is 5.11. The first-order valence-electron chi connectivity index (χ1n) is 30.1. The van der Waals surface area contributed by atoms with E-state index in [1.54, 1.807) is 0 Å². The van der Waals surface area contributed by atoms with E-state index in [0.29, 0.717) is 0 Å². The Morgan fingerprint density at radius 3 is 1.60 bits per heavy atom. The molecule has 0 aliphatic heterocycles. The number of thiophene rings is 1. The molecule has 8 aromatic carbocycles. The fraction of sp³-hybridized carbons (Fsp3) is 0.308. The van der Waals surface area contributed by atoms with Crippen LogP contribution >= 0.6 is 11.3 Å². The van der Waals surface area contributed by atoms with Crippen molar-refractivity contribution in [1.82, 2.24) is 14.1 Å². The molecular weight excluding hydrogens is 1040 g/mol. The molecule has 5 nitrogen and oxygen atoms in total. The van der Waals surface area contributed by atoms with Crippen LogP contribution in [-0.2, 0) is 32.5 Å². The van der Waals surface area contributed by atoms with Crippen LogP contribution in [0.25, 0.3) is 92.5 Å². The third kappa shape index (κ3) is 10.1. The topological polar surface area (TPSA) is 35.9 Å². The number of imidazole rings is 1. The number of hydrogen-bond donors (Lipinski definition) is 0. The summed E-state index contributed by atoms with van der Waals surface area (Å²) >= 11 is 1.85. The van der Waals surface area contributed by atoms with Crippen molar-refractivity contribution in [2.24, 2.45) is 0 Å². The largest absolute Gasteiger partial charge is 0.457 e. The average molecular weight is 1120 g/mol. The number of hydrogen-bond acceptors (Lipinski definition) is 3. The second-order valence-corrected chi connectivity index (χ2v) is 30.8. The highest BCUT2D eigenvalue weighted by Crippen LogP contribution is 2.48. The number of benzene rings is 8. The number of para-hydroxylation sites is 2. The Morgan fingerprint density at radius 1 is 0.417 bits per heavy atom.